The number of hydrogen-bond acceptors (Lipinski definition) is 9. The number of sulfonamides is 1. The molecule has 1 aliphatic rings. The van der Waals surface area contributed by atoms with Gasteiger partial charge in [-0.2, -0.15) is 14.3 Å². The van der Waals surface area contributed by atoms with E-state index >= 15 is 0 Å². The Balaban J connectivity index is 1.46. The number of hydrogen-bond donors (Lipinski definition) is 1. The topological polar surface area (TPSA) is 139 Å². The molecule has 0 aliphatic carbocycles. The van der Waals surface area contributed by atoms with Gasteiger partial charge in [0.15, 0.2) is 17.0 Å². The van der Waals surface area contributed by atoms with E-state index in [1.807, 2.05) is 16.4 Å². The highest BCUT2D eigenvalue weighted by Crippen LogP contribution is 2.25. The van der Waals surface area contributed by atoms with E-state index in [0.717, 1.165) is 11.1 Å². The van der Waals surface area contributed by atoms with Crippen molar-refractivity contribution >= 4 is 38.6 Å². The van der Waals surface area contributed by atoms with Crippen LogP contribution in [0.2, 0.25) is 0 Å². The summed E-state index contributed by atoms with van der Waals surface area (Å²) in [5.41, 5.74) is 4.40. The molecule has 4 aromatic rings. The number of aryl methyl sites for hydroxylation is 1. The lowest BCUT2D eigenvalue weighted by Gasteiger charge is -2.33. The minimum absolute atomic E-state index is 0.0321. The van der Waals surface area contributed by atoms with E-state index < -0.39 is 14.9 Å². The van der Waals surface area contributed by atoms with Crippen molar-refractivity contribution in [3.05, 3.63) is 81.7 Å². The molecule has 0 saturated carbocycles. The van der Waals surface area contributed by atoms with Crippen LogP contribution in [0.5, 0.6) is 0 Å². The van der Waals surface area contributed by atoms with Crippen LogP contribution >= 0.6 is 0 Å². The minimum atomic E-state index is -3.26. The maximum Gasteiger partial charge on any atom is 0.269 e. The second kappa shape index (κ2) is 10.3. The number of benzene rings is 2. The summed E-state index contributed by atoms with van der Waals surface area (Å²) >= 11 is 0. The third-order valence-electron chi connectivity index (χ3n) is 6.52. The molecule has 0 atom stereocenters. The normalized spacial score (nSPS) is 14.6. The summed E-state index contributed by atoms with van der Waals surface area (Å²) in [6, 6.07) is 14.6. The predicted octanol–water partition coefficient (Wildman–Crippen LogP) is 2.78. The number of non-ortho nitro benzene ring substituents is 1. The minimum Gasteiger partial charge on any atom is -0.364 e. The van der Waals surface area contributed by atoms with Crippen molar-refractivity contribution in [3.63, 3.8) is 0 Å². The molecule has 1 fully saturated rings. The van der Waals surface area contributed by atoms with Crippen LogP contribution in [0.1, 0.15) is 16.7 Å². The summed E-state index contributed by atoms with van der Waals surface area (Å²) in [6.07, 6.45) is 2.90. The van der Waals surface area contributed by atoms with Crippen LogP contribution < -0.4 is 10.2 Å². The monoisotopic (exact) mass is 536 g/mol. The molecule has 2 aromatic carbocycles. The van der Waals surface area contributed by atoms with Gasteiger partial charge in [0.2, 0.25) is 16.0 Å². The van der Waals surface area contributed by atoms with Gasteiger partial charge < -0.3 is 14.8 Å². The van der Waals surface area contributed by atoms with Crippen LogP contribution in [0.3, 0.4) is 0 Å². The lowest BCUT2D eigenvalue weighted by molar-refractivity contribution is -0.384. The molecule has 0 spiro atoms. The highest BCUT2D eigenvalue weighted by molar-refractivity contribution is 7.88. The number of imidazole rings is 1. The second-order valence-electron chi connectivity index (χ2n) is 9.33. The quantitative estimate of drug-likeness (QED) is 0.266. The van der Waals surface area contributed by atoms with Crippen molar-refractivity contribution in [1.29, 1.82) is 0 Å². The highest BCUT2D eigenvalue weighted by atomic mass is 32.2. The summed E-state index contributed by atoms with van der Waals surface area (Å²) in [5, 5.41) is 14.4. The first-order valence-corrected chi connectivity index (χ1v) is 14.0. The van der Waals surface area contributed by atoms with Crippen LogP contribution in [0.15, 0.2) is 54.9 Å². The fraction of sp³-hybridized carbons (Fsp3) is 0.320. The Kier molecular flexibility index (Phi) is 6.95. The van der Waals surface area contributed by atoms with Gasteiger partial charge in [0, 0.05) is 44.9 Å². The Hall–Kier alpha value is -4.10. The van der Waals surface area contributed by atoms with E-state index in [2.05, 4.69) is 34.6 Å². The van der Waals surface area contributed by atoms with Crippen molar-refractivity contribution in [2.75, 3.05) is 42.7 Å². The van der Waals surface area contributed by atoms with Crippen LogP contribution in [0.25, 0.3) is 11.2 Å². The number of rotatable bonds is 8. The van der Waals surface area contributed by atoms with E-state index in [0.29, 0.717) is 62.2 Å². The van der Waals surface area contributed by atoms with Crippen molar-refractivity contribution in [3.8, 4) is 0 Å². The molecule has 5 rings (SSSR count). The lowest BCUT2D eigenvalue weighted by atomic mass is 10.1. The third kappa shape index (κ3) is 5.58. The Morgan fingerprint density at radius 3 is 2.26 bits per heavy atom. The lowest BCUT2D eigenvalue weighted by Crippen LogP contribution is -2.48. The fourth-order valence-electron chi connectivity index (χ4n) is 4.34. The average molecular weight is 537 g/mol. The van der Waals surface area contributed by atoms with Crippen molar-refractivity contribution in [2.45, 2.75) is 20.0 Å². The molecule has 1 N–H and O–H groups in total. The zero-order valence-electron chi connectivity index (χ0n) is 21.1. The SMILES string of the molecule is Cc1ccc(CNc2nc(N3CCN(S(C)(=O)=O)CC3)nc3c2ncn3Cc2ccc([N+](=O)[O-])cc2)cc1. The fourth-order valence-corrected chi connectivity index (χ4v) is 5.17. The third-order valence-corrected chi connectivity index (χ3v) is 7.83. The van der Waals surface area contributed by atoms with Crippen LogP contribution in [0.4, 0.5) is 17.5 Å². The Morgan fingerprint density at radius 2 is 1.63 bits per heavy atom. The number of anilines is 2. The summed E-state index contributed by atoms with van der Waals surface area (Å²) in [4.78, 5) is 26.7. The Morgan fingerprint density at radius 1 is 0.974 bits per heavy atom. The average Bonchev–Trinajstić information content (AvgIpc) is 3.30. The first kappa shape index (κ1) is 25.5. The Labute approximate surface area is 220 Å². The highest BCUT2D eigenvalue weighted by Gasteiger charge is 2.26. The summed E-state index contributed by atoms with van der Waals surface area (Å²) in [7, 11) is -3.26. The molecule has 0 bridgehead atoms. The molecule has 38 heavy (non-hydrogen) atoms. The zero-order valence-corrected chi connectivity index (χ0v) is 21.9. The zero-order chi connectivity index (χ0) is 26.9. The summed E-state index contributed by atoms with van der Waals surface area (Å²) in [5.74, 6) is 1.07. The number of nitro groups is 1. The smallest absolute Gasteiger partial charge is 0.269 e. The first-order valence-electron chi connectivity index (χ1n) is 12.1. The van der Waals surface area contributed by atoms with Gasteiger partial charge in [0.05, 0.1) is 24.1 Å². The molecule has 1 aliphatic heterocycles. The van der Waals surface area contributed by atoms with E-state index in [1.54, 1.807) is 18.5 Å². The van der Waals surface area contributed by atoms with Gasteiger partial charge in [-0.05, 0) is 18.1 Å². The van der Waals surface area contributed by atoms with Crippen LogP contribution in [0, 0.1) is 17.0 Å². The van der Waals surface area contributed by atoms with Gasteiger partial charge in [0.1, 0.15) is 0 Å². The molecule has 198 valence electrons. The van der Waals surface area contributed by atoms with Gasteiger partial charge in [-0.25, -0.2) is 13.4 Å². The molecule has 12 nitrogen and oxygen atoms in total. The van der Waals surface area contributed by atoms with Gasteiger partial charge >= 0.3 is 0 Å². The van der Waals surface area contributed by atoms with Crippen molar-refractivity contribution < 1.29 is 13.3 Å². The number of nitro benzene ring substituents is 1. The van der Waals surface area contributed by atoms with Gasteiger partial charge in [-0.15, -0.1) is 0 Å². The predicted molar refractivity (Wildman–Crippen MR) is 145 cm³/mol. The summed E-state index contributed by atoms with van der Waals surface area (Å²) < 4.78 is 27.3. The first-order chi connectivity index (χ1) is 18.2. The maximum atomic E-state index is 12.0. The number of nitrogens with one attached hydrogen (secondary N) is 1. The van der Waals surface area contributed by atoms with E-state index in [4.69, 9.17) is 9.97 Å². The van der Waals surface area contributed by atoms with Gasteiger partial charge in [-0.1, -0.05) is 42.0 Å². The maximum absolute atomic E-state index is 12.0. The number of nitrogens with zero attached hydrogens (tertiary/aromatic N) is 7. The molecule has 2 aromatic heterocycles. The molecule has 1 saturated heterocycles. The van der Waals surface area contributed by atoms with E-state index in [-0.39, 0.29) is 5.69 Å². The molecule has 3 heterocycles. The molecule has 13 heteroatoms. The number of aromatic nitrogens is 4. The molecule has 0 radical (unpaired) electrons. The molecule has 0 amide bonds. The number of fused-ring (bicyclic) bond motifs is 1. The number of piperazine rings is 1. The molecular formula is C25H28N8O4S. The van der Waals surface area contributed by atoms with E-state index in [1.165, 1.54) is 28.3 Å². The van der Waals surface area contributed by atoms with Crippen molar-refractivity contribution in [1.82, 2.24) is 23.8 Å². The molecule has 0 unspecified atom stereocenters. The van der Waals surface area contributed by atoms with Gasteiger partial charge in [0.25, 0.3) is 5.69 Å². The summed E-state index contributed by atoms with van der Waals surface area (Å²) in [6.45, 7) is 4.65. The van der Waals surface area contributed by atoms with Crippen LogP contribution in [-0.2, 0) is 23.1 Å². The standard InChI is InChI=1S/C25H28N8O4S/c1-18-3-5-19(6-4-18)15-26-23-22-24(29-25(28-23)30-11-13-32(14-12-30)38(2,36)37)31(17-27-22)16-20-7-9-21(10-8-20)33(34)35/h3-10,17H,11-16H2,1-2H3,(H,26,28,29). The molecular weight excluding hydrogens is 508 g/mol. The Bertz CT molecular complexity index is 1560. The largest absolute Gasteiger partial charge is 0.364 e. The van der Waals surface area contributed by atoms with Gasteiger partial charge in [-0.3, -0.25) is 10.1 Å². The van der Waals surface area contributed by atoms with Crippen molar-refractivity contribution in [2.24, 2.45) is 0 Å². The van der Waals surface area contributed by atoms with E-state index in [9.17, 15) is 18.5 Å². The van der Waals surface area contributed by atoms with Crippen LogP contribution in [-0.4, -0.2) is 69.6 Å². The second-order valence-corrected chi connectivity index (χ2v) is 11.3.